The number of nitrogens with zero attached hydrogens (tertiary/aromatic N) is 2. The van der Waals surface area contributed by atoms with Gasteiger partial charge in [0.1, 0.15) is 10.7 Å². The topological polar surface area (TPSA) is 62.3 Å². The van der Waals surface area contributed by atoms with Gasteiger partial charge in [0.15, 0.2) is 0 Å². The third kappa shape index (κ3) is 2.92. The van der Waals surface area contributed by atoms with Crippen molar-refractivity contribution in [3.63, 3.8) is 0 Å². The summed E-state index contributed by atoms with van der Waals surface area (Å²) in [6, 6.07) is 1.46. The second-order valence-electron chi connectivity index (χ2n) is 5.35. The Morgan fingerprint density at radius 3 is 2.70 bits per heavy atom. The van der Waals surface area contributed by atoms with E-state index in [1.165, 1.54) is 12.3 Å². The van der Waals surface area contributed by atoms with Gasteiger partial charge in [-0.1, -0.05) is 18.5 Å². The molecule has 0 aromatic carbocycles. The van der Waals surface area contributed by atoms with E-state index in [1.54, 1.807) is 11.4 Å². The Hall–Kier alpha value is -0.850. The number of rotatable bonds is 3. The Kier molecular flexibility index (Phi) is 4.56. The highest BCUT2D eigenvalue weighted by atomic mass is 35.5. The first-order valence-corrected chi connectivity index (χ1v) is 8.53. The van der Waals surface area contributed by atoms with Gasteiger partial charge in [-0.3, -0.25) is 0 Å². The Morgan fingerprint density at radius 1 is 1.45 bits per heavy atom. The van der Waals surface area contributed by atoms with E-state index in [0.29, 0.717) is 23.3 Å². The van der Waals surface area contributed by atoms with E-state index in [4.69, 9.17) is 11.6 Å². The Morgan fingerprint density at radius 2 is 2.15 bits per heavy atom. The molecule has 2 rings (SSSR count). The summed E-state index contributed by atoms with van der Waals surface area (Å²) in [6.07, 6.45) is 3.13. The van der Waals surface area contributed by atoms with Crippen molar-refractivity contribution >= 4 is 27.4 Å². The van der Waals surface area contributed by atoms with Gasteiger partial charge in [-0.15, -0.1) is 0 Å². The van der Waals surface area contributed by atoms with E-state index in [0.717, 1.165) is 12.8 Å². The molecular formula is C13H20ClN3O2S. The molecule has 1 aromatic rings. The van der Waals surface area contributed by atoms with Crippen molar-refractivity contribution in [2.24, 2.45) is 5.92 Å². The number of nitrogens with one attached hydrogen (secondary N) is 1. The van der Waals surface area contributed by atoms with Crippen LogP contribution >= 0.6 is 11.6 Å². The summed E-state index contributed by atoms with van der Waals surface area (Å²) in [5, 5.41) is 3.13. The average molecular weight is 318 g/mol. The van der Waals surface area contributed by atoms with Gasteiger partial charge in [0.25, 0.3) is 0 Å². The van der Waals surface area contributed by atoms with Crippen LogP contribution in [-0.2, 0) is 10.0 Å². The number of pyridine rings is 1. The normalized spacial score (nSPS) is 24.6. The molecule has 5 nitrogen and oxygen atoms in total. The Bertz CT molecular complexity index is 591. The predicted octanol–water partition coefficient (Wildman–Crippen LogP) is 2.59. The zero-order valence-corrected chi connectivity index (χ0v) is 13.5. The van der Waals surface area contributed by atoms with Crippen LogP contribution in [0, 0.1) is 5.92 Å². The van der Waals surface area contributed by atoms with Gasteiger partial charge in [0, 0.05) is 25.8 Å². The molecule has 1 saturated heterocycles. The summed E-state index contributed by atoms with van der Waals surface area (Å²) in [7, 11) is -1.83. The summed E-state index contributed by atoms with van der Waals surface area (Å²) < 4.78 is 26.9. The van der Waals surface area contributed by atoms with E-state index in [9.17, 15) is 8.42 Å². The molecule has 0 aliphatic carbocycles. The van der Waals surface area contributed by atoms with Crippen molar-refractivity contribution in [2.75, 3.05) is 18.9 Å². The van der Waals surface area contributed by atoms with Crippen LogP contribution in [0.25, 0.3) is 0 Å². The molecule has 1 aliphatic rings. The first-order valence-electron chi connectivity index (χ1n) is 6.71. The van der Waals surface area contributed by atoms with Crippen molar-refractivity contribution in [2.45, 2.75) is 37.6 Å². The first-order chi connectivity index (χ1) is 9.36. The highest BCUT2D eigenvalue weighted by Gasteiger charge is 2.33. The second kappa shape index (κ2) is 5.87. The molecule has 20 heavy (non-hydrogen) atoms. The van der Waals surface area contributed by atoms with Crippen LogP contribution in [-0.4, -0.2) is 37.3 Å². The van der Waals surface area contributed by atoms with Crippen LogP contribution in [0.2, 0.25) is 5.02 Å². The molecule has 0 amide bonds. The number of hydrogen-bond donors (Lipinski definition) is 1. The highest BCUT2D eigenvalue weighted by Crippen LogP contribution is 2.30. The summed E-state index contributed by atoms with van der Waals surface area (Å²) in [4.78, 5) is 4.20. The zero-order chi connectivity index (χ0) is 14.9. The molecular weight excluding hydrogens is 298 g/mol. The monoisotopic (exact) mass is 317 g/mol. The predicted molar refractivity (Wildman–Crippen MR) is 80.5 cm³/mol. The van der Waals surface area contributed by atoms with Gasteiger partial charge < -0.3 is 5.32 Å². The lowest BCUT2D eigenvalue weighted by Crippen LogP contribution is -2.44. The van der Waals surface area contributed by atoms with Gasteiger partial charge in [-0.2, -0.15) is 4.31 Å². The fourth-order valence-corrected chi connectivity index (χ4v) is 4.58. The van der Waals surface area contributed by atoms with Crippen LogP contribution in [0.4, 0.5) is 5.82 Å². The summed E-state index contributed by atoms with van der Waals surface area (Å²) >= 11 is 6.03. The minimum absolute atomic E-state index is 0.00602. The highest BCUT2D eigenvalue weighted by molar-refractivity contribution is 7.89. The molecule has 1 fully saturated rings. The minimum Gasteiger partial charge on any atom is -0.372 e. The minimum atomic E-state index is -3.52. The smallest absolute Gasteiger partial charge is 0.244 e. The second-order valence-corrected chi connectivity index (χ2v) is 7.64. The van der Waals surface area contributed by atoms with E-state index >= 15 is 0 Å². The maximum absolute atomic E-state index is 12.7. The van der Waals surface area contributed by atoms with Crippen LogP contribution in [0.5, 0.6) is 0 Å². The number of hydrogen-bond acceptors (Lipinski definition) is 4. The van der Waals surface area contributed by atoms with Crippen LogP contribution in [0.3, 0.4) is 0 Å². The zero-order valence-electron chi connectivity index (χ0n) is 11.9. The van der Waals surface area contributed by atoms with Gasteiger partial charge in [0.05, 0.1) is 5.02 Å². The van der Waals surface area contributed by atoms with E-state index in [-0.39, 0.29) is 10.9 Å². The number of aromatic nitrogens is 1. The molecule has 2 heterocycles. The van der Waals surface area contributed by atoms with Crippen LogP contribution < -0.4 is 5.32 Å². The third-order valence-corrected chi connectivity index (χ3v) is 6.00. The third-order valence-electron chi connectivity index (χ3n) is 3.74. The number of halogens is 1. The lowest BCUT2D eigenvalue weighted by Gasteiger charge is -2.35. The van der Waals surface area contributed by atoms with Crippen LogP contribution in [0.1, 0.15) is 26.7 Å². The molecule has 112 valence electrons. The summed E-state index contributed by atoms with van der Waals surface area (Å²) in [6.45, 7) is 4.65. The summed E-state index contributed by atoms with van der Waals surface area (Å²) in [5.74, 6) is 1.04. The maximum atomic E-state index is 12.7. The molecule has 2 atom stereocenters. The van der Waals surface area contributed by atoms with Crippen LogP contribution in [0.15, 0.2) is 17.2 Å². The number of piperidine rings is 1. The molecule has 1 N–H and O–H groups in total. The van der Waals surface area contributed by atoms with Gasteiger partial charge in [-0.05, 0) is 31.7 Å². The maximum Gasteiger partial charge on any atom is 0.244 e. The number of sulfonamides is 1. The van der Waals surface area contributed by atoms with Crippen molar-refractivity contribution in [3.05, 3.63) is 17.3 Å². The fourth-order valence-electron chi connectivity index (χ4n) is 2.62. The molecule has 1 aliphatic heterocycles. The average Bonchev–Trinajstić information content (AvgIpc) is 2.38. The molecule has 0 radical (unpaired) electrons. The molecule has 7 heteroatoms. The van der Waals surface area contributed by atoms with Crippen molar-refractivity contribution in [1.82, 2.24) is 9.29 Å². The summed E-state index contributed by atoms with van der Waals surface area (Å²) in [5.41, 5.74) is 0. The first kappa shape index (κ1) is 15.5. The van der Waals surface area contributed by atoms with Crippen molar-refractivity contribution in [1.29, 1.82) is 0 Å². The fraction of sp³-hybridized carbons (Fsp3) is 0.615. The van der Waals surface area contributed by atoms with Crippen molar-refractivity contribution < 1.29 is 8.42 Å². The van der Waals surface area contributed by atoms with E-state index < -0.39 is 10.0 Å². The lowest BCUT2D eigenvalue weighted by atomic mass is 9.95. The molecule has 0 saturated carbocycles. The van der Waals surface area contributed by atoms with E-state index in [1.807, 2.05) is 6.92 Å². The molecule has 0 spiro atoms. The van der Waals surface area contributed by atoms with Crippen molar-refractivity contribution in [3.8, 4) is 0 Å². The standard InChI is InChI=1S/C13H20ClN3O2S/c1-9-4-5-17(10(2)6-9)20(18,19)11-7-12(14)13(15-3)16-8-11/h7-10H,4-6H2,1-3H3,(H,15,16). The SMILES string of the molecule is CNc1ncc(S(=O)(=O)N2CCC(C)CC2C)cc1Cl. The molecule has 2 unspecified atom stereocenters. The largest absolute Gasteiger partial charge is 0.372 e. The quantitative estimate of drug-likeness (QED) is 0.930. The lowest BCUT2D eigenvalue weighted by molar-refractivity contribution is 0.220. The van der Waals surface area contributed by atoms with Gasteiger partial charge in [0.2, 0.25) is 10.0 Å². The van der Waals surface area contributed by atoms with Gasteiger partial charge >= 0.3 is 0 Å². The molecule has 0 bridgehead atoms. The van der Waals surface area contributed by atoms with Gasteiger partial charge in [-0.25, -0.2) is 13.4 Å². The molecule has 1 aromatic heterocycles. The number of anilines is 1. The van der Waals surface area contributed by atoms with E-state index in [2.05, 4.69) is 17.2 Å². The Labute approximate surface area is 125 Å². The Balaban J connectivity index is 2.33.